The molecular formula is C8H14N5O2S. The monoisotopic (exact) mass is 244 g/mol. The van der Waals surface area contributed by atoms with E-state index < -0.39 is 10.0 Å². The largest absolute Gasteiger partial charge is 0.348 e. The van der Waals surface area contributed by atoms with Crippen LogP contribution in [0.4, 0.5) is 0 Å². The molecule has 0 bridgehead atoms. The fraction of sp³-hybridized carbons (Fsp3) is 0.750. The van der Waals surface area contributed by atoms with Gasteiger partial charge in [-0.15, -0.1) is 10.2 Å². The van der Waals surface area contributed by atoms with Crippen molar-refractivity contribution in [3.63, 3.8) is 0 Å². The molecule has 2 atom stereocenters. The van der Waals surface area contributed by atoms with E-state index in [1.54, 1.807) is 0 Å². The first-order valence-corrected chi connectivity index (χ1v) is 6.83. The molecule has 16 heavy (non-hydrogen) atoms. The normalized spacial score (nSPS) is 30.2. The van der Waals surface area contributed by atoms with Crippen LogP contribution in [0, 0.1) is 5.92 Å². The molecule has 0 aromatic heterocycles. The summed E-state index contributed by atoms with van der Waals surface area (Å²) in [5.74, 6) is 0.681. The highest BCUT2D eigenvalue weighted by Crippen LogP contribution is 2.18. The van der Waals surface area contributed by atoms with Crippen molar-refractivity contribution in [3.8, 4) is 0 Å². The van der Waals surface area contributed by atoms with Crippen LogP contribution in [0.3, 0.4) is 0 Å². The van der Waals surface area contributed by atoms with Crippen LogP contribution in [0.15, 0.2) is 10.2 Å². The molecule has 0 amide bonds. The Morgan fingerprint density at radius 3 is 2.75 bits per heavy atom. The van der Waals surface area contributed by atoms with Crippen LogP contribution in [0.2, 0.25) is 0 Å². The van der Waals surface area contributed by atoms with Crippen molar-refractivity contribution in [1.82, 2.24) is 14.9 Å². The van der Waals surface area contributed by atoms with E-state index in [1.165, 1.54) is 16.9 Å². The Kier molecular flexibility index (Phi) is 2.85. The summed E-state index contributed by atoms with van der Waals surface area (Å²) in [6.45, 7) is 2.98. The molecule has 8 heteroatoms. The number of hydrogen-bond donors (Lipinski definition) is 1. The molecule has 0 aromatic rings. The molecule has 1 radical (unpaired) electrons. The first-order chi connectivity index (χ1) is 7.47. The third-order valence-electron chi connectivity index (χ3n) is 2.75. The third kappa shape index (κ3) is 2.33. The summed E-state index contributed by atoms with van der Waals surface area (Å²) in [6.07, 6.45) is 2.58. The van der Waals surface area contributed by atoms with Crippen molar-refractivity contribution in [1.29, 1.82) is 0 Å². The van der Waals surface area contributed by atoms with E-state index in [9.17, 15) is 8.42 Å². The van der Waals surface area contributed by atoms with E-state index >= 15 is 0 Å². The van der Waals surface area contributed by atoms with Crippen molar-refractivity contribution in [2.45, 2.75) is 13.0 Å². The smallest absolute Gasteiger partial charge is 0.244 e. The standard InChI is InChI=1S/C8H14N5O2S/c1-6-3-13(16(2,14)15)4-7(6)11-8-9-5-10-12-8/h5-7H,3-4H2,1-2H3,(H,11,12). The second kappa shape index (κ2) is 4.02. The average molecular weight is 244 g/mol. The van der Waals surface area contributed by atoms with Crippen LogP contribution in [0.25, 0.3) is 0 Å². The van der Waals surface area contributed by atoms with Crippen LogP contribution in [-0.4, -0.2) is 50.4 Å². The van der Waals surface area contributed by atoms with Crippen LogP contribution in [-0.2, 0) is 10.0 Å². The summed E-state index contributed by atoms with van der Waals surface area (Å²) >= 11 is 0. The fourth-order valence-electron chi connectivity index (χ4n) is 1.80. The maximum absolute atomic E-state index is 11.4. The van der Waals surface area contributed by atoms with Crippen molar-refractivity contribution >= 4 is 22.3 Å². The molecule has 2 aliphatic heterocycles. The minimum Gasteiger partial charge on any atom is -0.348 e. The number of nitrogens with one attached hydrogen (secondary N) is 1. The van der Waals surface area contributed by atoms with Crippen molar-refractivity contribution < 1.29 is 8.42 Å². The minimum atomic E-state index is -3.11. The molecule has 2 heterocycles. The zero-order valence-electron chi connectivity index (χ0n) is 9.16. The van der Waals surface area contributed by atoms with Gasteiger partial charge in [-0.3, -0.25) is 0 Å². The Hall–Kier alpha value is -1.15. The van der Waals surface area contributed by atoms with Gasteiger partial charge in [0, 0.05) is 19.1 Å². The predicted molar refractivity (Wildman–Crippen MR) is 60.6 cm³/mol. The average Bonchev–Trinajstić information content (AvgIpc) is 2.76. The van der Waals surface area contributed by atoms with Crippen LogP contribution in [0.5, 0.6) is 0 Å². The summed E-state index contributed by atoms with van der Waals surface area (Å²) < 4.78 is 24.2. The highest BCUT2D eigenvalue weighted by molar-refractivity contribution is 7.88. The fourth-order valence-corrected chi connectivity index (χ4v) is 2.74. The van der Waals surface area contributed by atoms with E-state index in [-0.39, 0.29) is 12.0 Å². The Balaban J connectivity index is 1.97. The topological polar surface area (TPSA) is 88.2 Å². The van der Waals surface area contributed by atoms with Gasteiger partial charge in [0.05, 0.1) is 6.26 Å². The summed E-state index contributed by atoms with van der Waals surface area (Å²) in [5, 5.41) is 14.3. The predicted octanol–water partition coefficient (Wildman–Crippen LogP) is -1.23. The number of hydrogen-bond acceptors (Lipinski definition) is 5. The number of guanidine groups is 1. The molecule has 0 spiro atoms. The lowest BCUT2D eigenvalue weighted by Gasteiger charge is -2.16. The third-order valence-corrected chi connectivity index (χ3v) is 3.98. The number of nitrogens with zero attached hydrogens (tertiary/aromatic N) is 4. The molecule has 0 aromatic carbocycles. The molecule has 2 unspecified atom stereocenters. The lowest BCUT2D eigenvalue weighted by molar-refractivity contribution is 0.469. The molecule has 1 saturated heterocycles. The quantitative estimate of drug-likeness (QED) is 0.660. The zero-order chi connectivity index (χ0) is 11.8. The van der Waals surface area contributed by atoms with Gasteiger partial charge < -0.3 is 5.32 Å². The van der Waals surface area contributed by atoms with E-state index in [4.69, 9.17) is 0 Å². The van der Waals surface area contributed by atoms with Crippen LogP contribution >= 0.6 is 0 Å². The first-order valence-electron chi connectivity index (χ1n) is 4.99. The van der Waals surface area contributed by atoms with Gasteiger partial charge in [-0.05, 0) is 5.92 Å². The second-order valence-corrected chi connectivity index (χ2v) is 6.07. The molecule has 1 N–H and O–H groups in total. The van der Waals surface area contributed by atoms with Crippen molar-refractivity contribution in [3.05, 3.63) is 0 Å². The lowest BCUT2D eigenvalue weighted by Crippen LogP contribution is -2.42. The molecule has 89 valence electrons. The maximum atomic E-state index is 11.4. The SMILES string of the molecule is CC1CN(S(C)(=O)=O)CC1NC1=NN=C[N]1. The number of sulfonamides is 1. The second-order valence-electron chi connectivity index (χ2n) is 4.09. The van der Waals surface area contributed by atoms with Crippen molar-refractivity contribution in [2.24, 2.45) is 16.1 Å². The highest BCUT2D eigenvalue weighted by Gasteiger charge is 2.35. The molecule has 2 aliphatic rings. The van der Waals surface area contributed by atoms with Gasteiger partial charge >= 0.3 is 0 Å². The Morgan fingerprint density at radius 1 is 1.50 bits per heavy atom. The Labute approximate surface area is 94.7 Å². The molecule has 0 aliphatic carbocycles. The van der Waals surface area contributed by atoms with Gasteiger partial charge in [-0.25, -0.2) is 8.42 Å². The van der Waals surface area contributed by atoms with E-state index in [0.29, 0.717) is 19.0 Å². The van der Waals surface area contributed by atoms with Crippen LogP contribution in [0.1, 0.15) is 6.92 Å². The summed E-state index contributed by atoms with van der Waals surface area (Å²) in [7, 11) is -3.11. The molecule has 1 fully saturated rings. The Morgan fingerprint density at radius 2 is 2.25 bits per heavy atom. The van der Waals surface area contributed by atoms with E-state index in [2.05, 4.69) is 20.8 Å². The summed E-state index contributed by atoms with van der Waals surface area (Å²) in [5.41, 5.74) is 0. The molecule has 7 nitrogen and oxygen atoms in total. The van der Waals surface area contributed by atoms with Gasteiger partial charge in [0.1, 0.15) is 6.34 Å². The lowest BCUT2D eigenvalue weighted by atomic mass is 10.1. The van der Waals surface area contributed by atoms with E-state index in [1.807, 2.05) is 6.92 Å². The molecular weight excluding hydrogens is 230 g/mol. The van der Waals surface area contributed by atoms with Gasteiger partial charge in [0.15, 0.2) is 0 Å². The minimum absolute atomic E-state index is 0.0407. The first kappa shape index (κ1) is 11.3. The van der Waals surface area contributed by atoms with Crippen LogP contribution < -0.4 is 10.6 Å². The highest BCUT2D eigenvalue weighted by atomic mass is 32.2. The van der Waals surface area contributed by atoms with Gasteiger partial charge in [0.2, 0.25) is 16.0 Å². The van der Waals surface area contributed by atoms with Gasteiger partial charge in [0.25, 0.3) is 0 Å². The molecule has 2 rings (SSSR count). The number of rotatable bonds is 2. The zero-order valence-corrected chi connectivity index (χ0v) is 9.98. The Bertz CT molecular complexity index is 430. The van der Waals surface area contributed by atoms with Gasteiger partial charge in [-0.2, -0.15) is 9.62 Å². The van der Waals surface area contributed by atoms with E-state index in [0.717, 1.165) is 0 Å². The summed E-state index contributed by atoms with van der Waals surface area (Å²) in [4.78, 5) is 0. The molecule has 0 saturated carbocycles. The van der Waals surface area contributed by atoms with Crippen molar-refractivity contribution in [2.75, 3.05) is 19.3 Å². The summed E-state index contributed by atoms with van der Waals surface area (Å²) in [6, 6.07) is 0.0407. The van der Waals surface area contributed by atoms with Gasteiger partial charge in [-0.1, -0.05) is 6.92 Å². The maximum Gasteiger partial charge on any atom is 0.244 e.